The van der Waals surface area contributed by atoms with Crippen LogP contribution in [0.4, 0.5) is 0 Å². The molecule has 1 aliphatic heterocycles. The van der Waals surface area contributed by atoms with E-state index in [2.05, 4.69) is 0 Å². The molecule has 0 spiro atoms. The summed E-state index contributed by atoms with van der Waals surface area (Å²) in [6.07, 6.45) is -1.37. The molecular formula is C9H8O4S. The van der Waals surface area contributed by atoms with E-state index in [1.54, 1.807) is 24.3 Å². The van der Waals surface area contributed by atoms with Crippen molar-refractivity contribution in [3.05, 3.63) is 29.8 Å². The van der Waals surface area contributed by atoms with Crippen LogP contribution in [0.1, 0.15) is 11.7 Å². The molecule has 14 heavy (non-hydrogen) atoms. The van der Waals surface area contributed by atoms with Crippen molar-refractivity contribution in [2.24, 2.45) is 0 Å². The standard InChI is InChI=1S/C9H8O4S/c10-7-5-3-1-2-4-6(5)14-9(7,13)8(11)12/h1-4,7,10,13H,(H,11,12). The molecule has 0 aliphatic carbocycles. The number of hydrogen-bond donors (Lipinski definition) is 3. The number of fused-ring (bicyclic) bond motifs is 1. The first kappa shape index (κ1) is 9.51. The van der Waals surface area contributed by atoms with E-state index >= 15 is 0 Å². The monoisotopic (exact) mass is 212 g/mol. The van der Waals surface area contributed by atoms with Crippen molar-refractivity contribution in [2.75, 3.05) is 0 Å². The first-order valence-corrected chi connectivity index (χ1v) is 4.79. The van der Waals surface area contributed by atoms with Crippen molar-refractivity contribution in [3.63, 3.8) is 0 Å². The molecule has 2 unspecified atom stereocenters. The average molecular weight is 212 g/mol. The third-order valence-corrected chi connectivity index (χ3v) is 3.46. The molecule has 0 radical (unpaired) electrons. The SMILES string of the molecule is O=C(O)C1(O)Sc2ccccc2C1O. The number of benzene rings is 1. The fourth-order valence-electron chi connectivity index (χ4n) is 1.39. The first-order valence-electron chi connectivity index (χ1n) is 3.97. The van der Waals surface area contributed by atoms with Crippen molar-refractivity contribution >= 4 is 17.7 Å². The van der Waals surface area contributed by atoms with Crippen LogP contribution in [0.3, 0.4) is 0 Å². The van der Waals surface area contributed by atoms with Crippen molar-refractivity contribution in [1.82, 2.24) is 0 Å². The zero-order valence-corrected chi connectivity index (χ0v) is 7.86. The molecule has 1 aromatic rings. The summed E-state index contributed by atoms with van der Waals surface area (Å²) in [5.74, 6) is -1.42. The molecule has 0 amide bonds. The van der Waals surface area contributed by atoms with Gasteiger partial charge in [0.2, 0.25) is 4.93 Å². The molecule has 0 bridgehead atoms. The van der Waals surface area contributed by atoms with E-state index in [0.29, 0.717) is 10.5 Å². The quantitative estimate of drug-likeness (QED) is 0.635. The molecule has 2 atom stereocenters. The summed E-state index contributed by atoms with van der Waals surface area (Å²) < 4.78 is 0. The van der Waals surface area contributed by atoms with Gasteiger partial charge in [-0.2, -0.15) is 0 Å². The maximum Gasteiger partial charge on any atom is 0.350 e. The Labute approximate surface area is 84.2 Å². The van der Waals surface area contributed by atoms with Crippen LogP contribution >= 0.6 is 11.8 Å². The zero-order valence-electron chi connectivity index (χ0n) is 7.04. The van der Waals surface area contributed by atoms with E-state index in [1.165, 1.54) is 0 Å². The average Bonchev–Trinajstić information content (AvgIpc) is 2.42. The van der Waals surface area contributed by atoms with Crippen LogP contribution in [-0.4, -0.2) is 26.2 Å². The van der Waals surface area contributed by atoms with Crippen LogP contribution in [0.15, 0.2) is 29.2 Å². The molecular weight excluding hydrogens is 204 g/mol. The summed E-state index contributed by atoms with van der Waals surface area (Å²) in [5, 5.41) is 28.1. The van der Waals surface area contributed by atoms with Gasteiger partial charge in [-0.1, -0.05) is 30.0 Å². The molecule has 0 saturated carbocycles. The van der Waals surface area contributed by atoms with E-state index in [1.807, 2.05) is 0 Å². The number of aliphatic hydroxyl groups excluding tert-OH is 1. The number of aliphatic hydroxyl groups is 2. The van der Waals surface area contributed by atoms with Gasteiger partial charge in [0.05, 0.1) is 0 Å². The highest BCUT2D eigenvalue weighted by Gasteiger charge is 2.51. The largest absolute Gasteiger partial charge is 0.478 e. The van der Waals surface area contributed by atoms with Crippen LogP contribution in [0, 0.1) is 0 Å². The second-order valence-corrected chi connectivity index (χ2v) is 4.31. The fourth-order valence-corrected chi connectivity index (χ4v) is 2.50. The minimum Gasteiger partial charge on any atom is -0.478 e. The van der Waals surface area contributed by atoms with Crippen molar-refractivity contribution in [2.45, 2.75) is 15.9 Å². The second-order valence-electron chi connectivity index (χ2n) is 3.04. The first-order chi connectivity index (χ1) is 6.55. The van der Waals surface area contributed by atoms with E-state index < -0.39 is 17.0 Å². The lowest BCUT2D eigenvalue weighted by molar-refractivity contribution is -0.157. The predicted molar refractivity (Wildman–Crippen MR) is 49.8 cm³/mol. The van der Waals surface area contributed by atoms with Gasteiger partial charge in [-0.3, -0.25) is 0 Å². The third kappa shape index (κ3) is 1.13. The number of aliphatic carboxylic acids is 1. The highest BCUT2D eigenvalue weighted by molar-refractivity contribution is 8.01. The van der Waals surface area contributed by atoms with E-state index in [4.69, 9.17) is 5.11 Å². The molecule has 1 heterocycles. The number of carboxylic acid groups (broad SMARTS) is 1. The van der Waals surface area contributed by atoms with Crippen LogP contribution < -0.4 is 0 Å². The Morgan fingerprint density at radius 1 is 1.43 bits per heavy atom. The Balaban J connectivity index is 2.48. The van der Waals surface area contributed by atoms with Gasteiger partial charge in [0.25, 0.3) is 0 Å². The number of rotatable bonds is 1. The summed E-state index contributed by atoms with van der Waals surface area (Å²) >= 11 is 0.761. The fraction of sp³-hybridized carbons (Fsp3) is 0.222. The lowest BCUT2D eigenvalue weighted by Crippen LogP contribution is -2.38. The molecule has 5 heteroatoms. The number of thioether (sulfide) groups is 1. The van der Waals surface area contributed by atoms with E-state index in [9.17, 15) is 15.0 Å². The maximum atomic E-state index is 10.8. The molecule has 0 saturated heterocycles. The van der Waals surface area contributed by atoms with Crippen LogP contribution in [0.2, 0.25) is 0 Å². The minimum absolute atomic E-state index is 0.461. The maximum absolute atomic E-state index is 10.8. The van der Waals surface area contributed by atoms with E-state index in [0.717, 1.165) is 11.8 Å². The Morgan fingerprint density at radius 2 is 2.07 bits per heavy atom. The summed E-state index contributed by atoms with van der Waals surface area (Å²) in [4.78, 5) is 9.22. The van der Waals surface area contributed by atoms with Gasteiger partial charge in [0, 0.05) is 4.90 Å². The van der Waals surface area contributed by atoms with E-state index in [-0.39, 0.29) is 0 Å². The molecule has 0 aromatic heterocycles. The number of hydrogen-bond acceptors (Lipinski definition) is 4. The minimum atomic E-state index is -2.15. The molecule has 74 valence electrons. The van der Waals surface area contributed by atoms with Crippen molar-refractivity contribution < 1.29 is 20.1 Å². The highest BCUT2D eigenvalue weighted by atomic mass is 32.2. The second kappa shape index (κ2) is 2.98. The normalized spacial score (nSPS) is 30.0. The van der Waals surface area contributed by atoms with Gasteiger partial charge in [0.15, 0.2) is 0 Å². The van der Waals surface area contributed by atoms with Crippen LogP contribution in [0.5, 0.6) is 0 Å². The smallest absolute Gasteiger partial charge is 0.350 e. The van der Waals surface area contributed by atoms with Gasteiger partial charge in [-0.25, -0.2) is 4.79 Å². The van der Waals surface area contributed by atoms with Gasteiger partial charge < -0.3 is 15.3 Å². The lowest BCUT2D eigenvalue weighted by atomic mass is 10.0. The molecule has 4 nitrogen and oxygen atoms in total. The summed E-state index contributed by atoms with van der Waals surface area (Å²) in [7, 11) is 0. The highest BCUT2D eigenvalue weighted by Crippen LogP contribution is 2.50. The van der Waals surface area contributed by atoms with Crippen molar-refractivity contribution in [3.8, 4) is 0 Å². The zero-order chi connectivity index (χ0) is 10.3. The van der Waals surface area contributed by atoms with Crippen LogP contribution in [-0.2, 0) is 4.79 Å². The molecule has 3 N–H and O–H groups in total. The molecule has 0 fully saturated rings. The number of carbonyl (C=O) groups is 1. The topological polar surface area (TPSA) is 77.8 Å². The summed E-state index contributed by atoms with van der Waals surface area (Å²) in [6, 6.07) is 6.69. The summed E-state index contributed by atoms with van der Waals surface area (Å²) in [5.41, 5.74) is 0.461. The van der Waals surface area contributed by atoms with Gasteiger partial charge in [-0.15, -0.1) is 0 Å². The predicted octanol–water partition coefficient (Wildman–Crippen LogP) is 0.599. The number of carboxylic acids is 1. The van der Waals surface area contributed by atoms with Gasteiger partial charge in [-0.05, 0) is 11.6 Å². The Kier molecular flexibility index (Phi) is 2.02. The Hall–Kier alpha value is -1.04. The molecule has 2 rings (SSSR count). The Bertz CT molecular complexity index is 392. The van der Waals surface area contributed by atoms with Crippen LogP contribution in [0.25, 0.3) is 0 Å². The summed E-state index contributed by atoms with van der Waals surface area (Å²) in [6.45, 7) is 0. The Morgan fingerprint density at radius 3 is 2.64 bits per heavy atom. The third-order valence-electron chi connectivity index (χ3n) is 2.16. The molecule has 1 aliphatic rings. The molecule has 1 aromatic carbocycles. The van der Waals surface area contributed by atoms with Gasteiger partial charge in [0.1, 0.15) is 6.10 Å². The lowest BCUT2D eigenvalue weighted by Gasteiger charge is -2.19. The van der Waals surface area contributed by atoms with Crippen molar-refractivity contribution in [1.29, 1.82) is 0 Å². The van der Waals surface area contributed by atoms with Gasteiger partial charge >= 0.3 is 5.97 Å².